The van der Waals surface area contributed by atoms with Crippen LogP contribution < -0.4 is 10.1 Å². The summed E-state index contributed by atoms with van der Waals surface area (Å²) in [5.74, 6) is 0.585. The maximum absolute atomic E-state index is 12.3. The zero-order chi connectivity index (χ0) is 18.4. The molecule has 8 heteroatoms. The number of rotatable bonds is 8. The molecule has 2 heterocycles. The molecule has 1 N–H and O–H groups in total. The number of halogens is 1. The molecule has 0 saturated carbocycles. The standard InChI is InChI=1S/C18H17BrN2O3S2/c1-23-5-6-24-15-4-2-3-13(8-15)20-17(22)9-14-11-26-18(21-14)16-7-12(19)10-25-16/h2-4,7-8,10-11H,5-6,9H2,1H3,(H,20,22). The number of aromatic nitrogens is 1. The van der Waals surface area contributed by atoms with E-state index in [0.717, 1.165) is 20.1 Å². The highest BCUT2D eigenvalue weighted by Crippen LogP contribution is 2.32. The highest BCUT2D eigenvalue weighted by Gasteiger charge is 2.11. The van der Waals surface area contributed by atoms with Crippen molar-refractivity contribution in [1.82, 2.24) is 4.98 Å². The fourth-order valence-electron chi connectivity index (χ4n) is 2.20. The first-order valence-electron chi connectivity index (χ1n) is 7.84. The SMILES string of the molecule is COCCOc1cccc(NC(=O)Cc2csc(-c3cc(Br)cs3)n2)c1. The molecule has 5 nitrogen and oxygen atoms in total. The average Bonchev–Trinajstić information content (AvgIpc) is 3.24. The maximum Gasteiger partial charge on any atom is 0.230 e. The second-order valence-corrected chi connectivity index (χ2v) is 8.05. The van der Waals surface area contributed by atoms with Crippen LogP contribution in [0.5, 0.6) is 5.75 Å². The summed E-state index contributed by atoms with van der Waals surface area (Å²) in [6.45, 7) is 0.984. The molecule has 0 aliphatic rings. The minimum absolute atomic E-state index is 0.108. The molecule has 1 amide bonds. The summed E-state index contributed by atoms with van der Waals surface area (Å²) in [5, 5.41) is 7.75. The summed E-state index contributed by atoms with van der Waals surface area (Å²) in [6.07, 6.45) is 0.234. The van der Waals surface area contributed by atoms with E-state index in [-0.39, 0.29) is 12.3 Å². The first-order chi connectivity index (χ1) is 12.6. The Morgan fingerprint density at radius 1 is 1.23 bits per heavy atom. The molecule has 26 heavy (non-hydrogen) atoms. The maximum atomic E-state index is 12.3. The van der Waals surface area contributed by atoms with Crippen molar-refractivity contribution in [3.63, 3.8) is 0 Å². The van der Waals surface area contributed by atoms with Gasteiger partial charge in [0.25, 0.3) is 0 Å². The van der Waals surface area contributed by atoms with Gasteiger partial charge in [-0.1, -0.05) is 6.07 Å². The Labute approximate surface area is 168 Å². The summed E-state index contributed by atoms with van der Waals surface area (Å²) in [4.78, 5) is 17.9. The predicted octanol–water partition coefficient (Wildman–Crippen LogP) is 4.84. The lowest BCUT2D eigenvalue weighted by Gasteiger charge is -2.08. The van der Waals surface area contributed by atoms with E-state index in [1.54, 1.807) is 35.8 Å². The van der Waals surface area contributed by atoms with Crippen molar-refractivity contribution in [2.45, 2.75) is 6.42 Å². The molecule has 0 spiro atoms. The molecule has 1 aromatic carbocycles. The fraction of sp³-hybridized carbons (Fsp3) is 0.222. The Morgan fingerprint density at radius 3 is 2.88 bits per heavy atom. The number of hydrogen-bond donors (Lipinski definition) is 1. The molecule has 0 bridgehead atoms. The van der Waals surface area contributed by atoms with E-state index in [9.17, 15) is 4.79 Å². The van der Waals surface area contributed by atoms with E-state index in [4.69, 9.17) is 9.47 Å². The molecular formula is C18H17BrN2O3S2. The van der Waals surface area contributed by atoms with Gasteiger partial charge in [0.1, 0.15) is 17.4 Å². The first-order valence-corrected chi connectivity index (χ1v) is 10.4. The molecule has 3 aromatic rings. The summed E-state index contributed by atoms with van der Waals surface area (Å²) >= 11 is 6.61. The van der Waals surface area contributed by atoms with Crippen molar-refractivity contribution in [1.29, 1.82) is 0 Å². The number of hydrogen-bond acceptors (Lipinski definition) is 6. The van der Waals surface area contributed by atoms with Crippen LogP contribution in [-0.4, -0.2) is 31.2 Å². The molecule has 0 unspecified atom stereocenters. The molecule has 2 aromatic heterocycles. The van der Waals surface area contributed by atoms with Crippen molar-refractivity contribution in [3.05, 3.63) is 51.3 Å². The number of anilines is 1. The van der Waals surface area contributed by atoms with Crippen LogP contribution in [0.25, 0.3) is 9.88 Å². The largest absolute Gasteiger partial charge is 0.491 e. The fourth-order valence-corrected chi connectivity index (χ4v) is 4.53. The lowest BCUT2D eigenvalue weighted by atomic mass is 10.2. The van der Waals surface area contributed by atoms with Gasteiger partial charge in [0.05, 0.1) is 23.6 Å². The van der Waals surface area contributed by atoms with Crippen LogP contribution in [0.15, 0.2) is 45.6 Å². The third-order valence-electron chi connectivity index (χ3n) is 3.35. The molecular weight excluding hydrogens is 436 g/mol. The third-order valence-corrected chi connectivity index (χ3v) is 6.10. The monoisotopic (exact) mass is 452 g/mol. The molecule has 0 aliphatic carbocycles. The number of ether oxygens (including phenoxy) is 2. The summed E-state index contributed by atoms with van der Waals surface area (Å²) in [5.41, 5.74) is 1.46. The normalized spacial score (nSPS) is 10.7. The van der Waals surface area contributed by atoms with Crippen molar-refractivity contribution in [2.24, 2.45) is 0 Å². The van der Waals surface area contributed by atoms with Crippen LogP contribution in [0.3, 0.4) is 0 Å². The van der Waals surface area contributed by atoms with E-state index in [1.165, 1.54) is 0 Å². The van der Waals surface area contributed by atoms with E-state index in [1.807, 2.05) is 35.0 Å². The molecule has 0 radical (unpaired) electrons. The average molecular weight is 453 g/mol. The van der Waals surface area contributed by atoms with Crippen LogP contribution in [-0.2, 0) is 16.0 Å². The Bertz CT molecular complexity index is 879. The van der Waals surface area contributed by atoms with Gasteiger partial charge in [-0.3, -0.25) is 4.79 Å². The van der Waals surface area contributed by atoms with Crippen LogP contribution in [0, 0.1) is 0 Å². The number of carbonyl (C=O) groups excluding carboxylic acids is 1. The molecule has 0 saturated heterocycles. The summed E-state index contributed by atoms with van der Waals surface area (Å²) in [7, 11) is 1.63. The predicted molar refractivity (Wildman–Crippen MR) is 109 cm³/mol. The summed E-state index contributed by atoms with van der Waals surface area (Å²) < 4.78 is 11.6. The van der Waals surface area contributed by atoms with E-state index in [2.05, 4.69) is 26.2 Å². The number of carbonyl (C=O) groups is 1. The van der Waals surface area contributed by atoms with Gasteiger partial charge in [-0.2, -0.15) is 0 Å². The number of amides is 1. The van der Waals surface area contributed by atoms with E-state index >= 15 is 0 Å². The van der Waals surface area contributed by atoms with Gasteiger partial charge in [0.15, 0.2) is 0 Å². The van der Waals surface area contributed by atoms with Crippen molar-refractivity contribution in [3.8, 4) is 15.6 Å². The van der Waals surface area contributed by atoms with Crippen molar-refractivity contribution >= 4 is 50.2 Å². The zero-order valence-electron chi connectivity index (χ0n) is 14.0. The highest BCUT2D eigenvalue weighted by molar-refractivity contribution is 9.10. The van der Waals surface area contributed by atoms with Crippen LogP contribution in [0.2, 0.25) is 0 Å². The molecule has 0 atom stereocenters. The Morgan fingerprint density at radius 2 is 2.12 bits per heavy atom. The quantitative estimate of drug-likeness (QED) is 0.496. The molecule has 0 fully saturated rings. The highest BCUT2D eigenvalue weighted by atomic mass is 79.9. The van der Waals surface area contributed by atoms with E-state index < -0.39 is 0 Å². The Hall–Kier alpha value is -1.74. The third kappa shape index (κ3) is 5.38. The van der Waals surface area contributed by atoms with Gasteiger partial charge in [-0.05, 0) is 34.1 Å². The van der Waals surface area contributed by atoms with Crippen LogP contribution >= 0.6 is 38.6 Å². The molecule has 3 rings (SSSR count). The van der Waals surface area contributed by atoms with Crippen LogP contribution in [0.4, 0.5) is 5.69 Å². The number of nitrogens with zero attached hydrogens (tertiary/aromatic N) is 1. The lowest BCUT2D eigenvalue weighted by molar-refractivity contribution is -0.115. The van der Waals surface area contributed by atoms with Gasteiger partial charge < -0.3 is 14.8 Å². The number of methoxy groups -OCH3 is 1. The Balaban J connectivity index is 1.57. The lowest BCUT2D eigenvalue weighted by Crippen LogP contribution is -2.14. The number of thiophene rings is 1. The van der Waals surface area contributed by atoms with Gasteiger partial charge in [-0.25, -0.2) is 4.98 Å². The van der Waals surface area contributed by atoms with Gasteiger partial charge in [0, 0.05) is 34.1 Å². The minimum Gasteiger partial charge on any atom is -0.491 e. The van der Waals surface area contributed by atoms with Crippen molar-refractivity contribution in [2.75, 3.05) is 25.6 Å². The zero-order valence-corrected chi connectivity index (χ0v) is 17.2. The second kappa shape index (κ2) is 9.27. The first kappa shape index (κ1) is 19.0. The number of thiazole rings is 1. The van der Waals surface area contributed by atoms with Gasteiger partial charge >= 0.3 is 0 Å². The summed E-state index contributed by atoms with van der Waals surface area (Å²) in [6, 6.07) is 9.34. The topological polar surface area (TPSA) is 60.5 Å². The van der Waals surface area contributed by atoms with Crippen molar-refractivity contribution < 1.29 is 14.3 Å². The van der Waals surface area contributed by atoms with Crippen LogP contribution in [0.1, 0.15) is 5.69 Å². The Kier molecular flexibility index (Phi) is 6.79. The van der Waals surface area contributed by atoms with Gasteiger partial charge in [-0.15, -0.1) is 22.7 Å². The smallest absolute Gasteiger partial charge is 0.230 e. The minimum atomic E-state index is -0.108. The number of benzene rings is 1. The second-order valence-electron chi connectivity index (χ2n) is 5.37. The van der Waals surface area contributed by atoms with Gasteiger partial charge in [0.2, 0.25) is 5.91 Å². The molecule has 136 valence electrons. The van der Waals surface area contributed by atoms with E-state index in [0.29, 0.717) is 24.7 Å². The molecule has 0 aliphatic heterocycles. The number of nitrogens with one attached hydrogen (secondary N) is 1.